The van der Waals surface area contributed by atoms with Gasteiger partial charge in [0, 0.05) is 12.1 Å². The average molecular weight is 367 g/mol. The molecule has 1 fully saturated rings. The molecule has 3 rings (SSSR count). The summed E-state index contributed by atoms with van der Waals surface area (Å²) in [7, 11) is 0. The third kappa shape index (κ3) is 4.32. The highest BCUT2D eigenvalue weighted by Gasteiger charge is 2.32. The van der Waals surface area contributed by atoms with Crippen LogP contribution >= 0.6 is 11.8 Å². The van der Waals surface area contributed by atoms with Crippen molar-refractivity contribution in [1.82, 2.24) is 5.32 Å². The van der Waals surface area contributed by atoms with Crippen LogP contribution in [0.25, 0.3) is 0 Å². The molecule has 2 N–H and O–H groups in total. The molecule has 2 aromatic rings. The third-order valence-corrected chi connectivity index (χ3v) is 5.23. The summed E-state index contributed by atoms with van der Waals surface area (Å²) in [4.78, 5) is 29.0. The maximum Gasteiger partial charge on any atom is 0.240 e. The number of nitrogens with zero attached hydrogens (tertiary/aromatic N) is 1. The topological polar surface area (TPSA) is 70.6 Å². The molecular formula is C20H21N3O2S. The lowest BCUT2D eigenvalue weighted by Gasteiger charge is -2.09. The number of hydrogen-bond donors (Lipinski definition) is 2. The lowest BCUT2D eigenvalue weighted by Crippen LogP contribution is -2.28. The first-order chi connectivity index (χ1) is 12.4. The zero-order valence-electron chi connectivity index (χ0n) is 15.0. The number of thioether (sulfide) groups is 1. The van der Waals surface area contributed by atoms with Crippen LogP contribution in [0.4, 0.5) is 11.4 Å². The van der Waals surface area contributed by atoms with Crippen LogP contribution in [0.2, 0.25) is 0 Å². The van der Waals surface area contributed by atoms with Gasteiger partial charge in [0.05, 0.1) is 5.69 Å². The number of rotatable bonds is 4. The molecule has 0 unspecified atom stereocenters. The van der Waals surface area contributed by atoms with E-state index in [1.54, 1.807) is 0 Å². The number of amidine groups is 1. The molecule has 2 amide bonds. The van der Waals surface area contributed by atoms with Gasteiger partial charge in [-0.3, -0.25) is 9.59 Å². The van der Waals surface area contributed by atoms with Crippen LogP contribution in [-0.2, 0) is 9.59 Å². The maximum atomic E-state index is 12.3. The van der Waals surface area contributed by atoms with Crippen LogP contribution in [0.3, 0.4) is 0 Å². The van der Waals surface area contributed by atoms with Crippen LogP contribution in [0.5, 0.6) is 0 Å². The summed E-state index contributed by atoms with van der Waals surface area (Å²) in [6.07, 6.45) is 0.108. The molecule has 6 heteroatoms. The molecule has 0 aliphatic carbocycles. The summed E-state index contributed by atoms with van der Waals surface area (Å²) in [6, 6.07) is 13.6. The molecule has 2 aromatic carbocycles. The van der Waals surface area contributed by atoms with Gasteiger partial charge in [-0.1, -0.05) is 42.1 Å². The monoisotopic (exact) mass is 367 g/mol. The zero-order valence-corrected chi connectivity index (χ0v) is 15.8. The minimum atomic E-state index is -0.470. The molecule has 0 spiro atoms. The number of carbonyl (C=O) groups excluding carboxylic acids is 2. The fourth-order valence-corrected chi connectivity index (χ4v) is 3.61. The van der Waals surface area contributed by atoms with Crippen LogP contribution in [0.1, 0.15) is 23.1 Å². The number of anilines is 1. The molecule has 0 bridgehead atoms. The Bertz CT molecular complexity index is 892. The summed E-state index contributed by atoms with van der Waals surface area (Å²) in [5.74, 6) is -0.362. The van der Waals surface area contributed by atoms with Gasteiger partial charge < -0.3 is 10.6 Å². The second kappa shape index (κ2) is 7.74. The molecule has 0 radical (unpaired) electrons. The van der Waals surface area contributed by atoms with Crippen LogP contribution in [0.15, 0.2) is 47.5 Å². The second-order valence-corrected chi connectivity index (χ2v) is 7.56. The van der Waals surface area contributed by atoms with E-state index in [1.165, 1.54) is 11.8 Å². The summed E-state index contributed by atoms with van der Waals surface area (Å²) in [5, 5.41) is 5.71. The third-order valence-electron chi connectivity index (χ3n) is 4.15. The Balaban J connectivity index is 1.66. The number of benzene rings is 2. The Labute approximate surface area is 157 Å². The van der Waals surface area contributed by atoms with Crippen molar-refractivity contribution in [2.45, 2.75) is 32.4 Å². The summed E-state index contributed by atoms with van der Waals surface area (Å²) < 4.78 is 0. The van der Waals surface area contributed by atoms with Crippen molar-refractivity contribution >= 4 is 40.1 Å². The highest BCUT2D eigenvalue weighted by atomic mass is 32.2. The molecule has 1 aliphatic rings. The first-order valence-electron chi connectivity index (χ1n) is 8.41. The number of amides is 2. The smallest absolute Gasteiger partial charge is 0.240 e. The van der Waals surface area contributed by atoms with E-state index >= 15 is 0 Å². The van der Waals surface area contributed by atoms with E-state index in [1.807, 2.05) is 63.2 Å². The zero-order chi connectivity index (χ0) is 18.7. The molecular weight excluding hydrogens is 346 g/mol. The Hall–Kier alpha value is -2.60. The lowest BCUT2D eigenvalue weighted by molar-refractivity contribution is -0.122. The number of aliphatic imine (C=N–C) groups is 1. The van der Waals surface area contributed by atoms with E-state index in [9.17, 15) is 9.59 Å². The fourth-order valence-electron chi connectivity index (χ4n) is 2.62. The molecule has 26 heavy (non-hydrogen) atoms. The molecule has 5 nitrogen and oxygen atoms in total. The number of aryl methyl sites for hydroxylation is 3. The Kier molecular flexibility index (Phi) is 5.42. The SMILES string of the molecule is Cc1ccc(C)c(N=C2NC(=O)[C@H](CC(=O)Nc3ccccc3C)S2)c1. The average Bonchev–Trinajstić information content (AvgIpc) is 2.92. The Morgan fingerprint density at radius 2 is 1.92 bits per heavy atom. The standard InChI is InChI=1S/C20H21N3O2S/c1-12-8-9-14(3)16(10-12)22-20-23-19(25)17(26-20)11-18(24)21-15-7-5-4-6-13(15)2/h4-10,17H,11H2,1-3H3,(H,21,24)(H,22,23,25)/t17-/m0/s1. The highest BCUT2D eigenvalue weighted by Crippen LogP contribution is 2.27. The van der Waals surface area contributed by atoms with Gasteiger partial charge >= 0.3 is 0 Å². The van der Waals surface area contributed by atoms with Crippen LogP contribution < -0.4 is 10.6 Å². The molecule has 1 saturated heterocycles. The highest BCUT2D eigenvalue weighted by molar-refractivity contribution is 8.15. The minimum Gasteiger partial charge on any atom is -0.326 e. The first kappa shape index (κ1) is 18.2. The lowest BCUT2D eigenvalue weighted by atomic mass is 10.1. The van der Waals surface area contributed by atoms with E-state index in [0.717, 1.165) is 28.1 Å². The van der Waals surface area contributed by atoms with Crippen molar-refractivity contribution in [3.8, 4) is 0 Å². The van der Waals surface area contributed by atoms with Gasteiger partial charge in [-0.05, 0) is 49.6 Å². The number of carbonyl (C=O) groups is 2. The normalized spacial score (nSPS) is 18.0. The molecule has 0 aromatic heterocycles. The van der Waals surface area contributed by atoms with E-state index in [4.69, 9.17) is 0 Å². The van der Waals surface area contributed by atoms with E-state index in [-0.39, 0.29) is 18.2 Å². The predicted molar refractivity (Wildman–Crippen MR) is 107 cm³/mol. The van der Waals surface area contributed by atoms with Crippen molar-refractivity contribution < 1.29 is 9.59 Å². The van der Waals surface area contributed by atoms with E-state index in [2.05, 4.69) is 15.6 Å². The van der Waals surface area contributed by atoms with Crippen molar-refractivity contribution in [2.24, 2.45) is 4.99 Å². The maximum absolute atomic E-state index is 12.3. The van der Waals surface area contributed by atoms with E-state index in [0.29, 0.717) is 5.17 Å². The number of hydrogen-bond acceptors (Lipinski definition) is 4. The van der Waals surface area contributed by atoms with Crippen molar-refractivity contribution in [3.63, 3.8) is 0 Å². The second-order valence-electron chi connectivity index (χ2n) is 6.37. The molecule has 1 heterocycles. The summed E-state index contributed by atoms with van der Waals surface area (Å²) >= 11 is 1.30. The first-order valence-corrected chi connectivity index (χ1v) is 9.29. The summed E-state index contributed by atoms with van der Waals surface area (Å²) in [5.41, 5.74) is 4.74. The van der Waals surface area contributed by atoms with Crippen LogP contribution in [0, 0.1) is 20.8 Å². The van der Waals surface area contributed by atoms with Gasteiger partial charge in [0.1, 0.15) is 5.25 Å². The van der Waals surface area contributed by atoms with Crippen molar-refractivity contribution in [2.75, 3.05) is 5.32 Å². The van der Waals surface area contributed by atoms with Gasteiger partial charge in [-0.2, -0.15) is 0 Å². The van der Waals surface area contributed by atoms with Crippen molar-refractivity contribution in [3.05, 3.63) is 59.2 Å². The van der Waals surface area contributed by atoms with E-state index < -0.39 is 5.25 Å². The van der Waals surface area contributed by atoms with Gasteiger partial charge in [-0.15, -0.1) is 0 Å². The fraction of sp³-hybridized carbons (Fsp3) is 0.250. The van der Waals surface area contributed by atoms with Gasteiger partial charge in [0.15, 0.2) is 5.17 Å². The quantitative estimate of drug-likeness (QED) is 0.862. The molecule has 1 atom stereocenters. The predicted octanol–water partition coefficient (Wildman–Crippen LogP) is 3.86. The molecule has 1 aliphatic heterocycles. The molecule has 134 valence electrons. The Morgan fingerprint density at radius 3 is 2.69 bits per heavy atom. The van der Waals surface area contributed by atoms with Gasteiger partial charge in [0.2, 0.25) is 11.8 Å². The minimum absolute atomic E-state index is 0.108. The number of nitrogens with one attached hydrogen (secondary N) is 2. The van der Waals surface area contributed by atoms with Gasteiger partial charge in [-0.25, -0.2) is 4.99 Å². The van der Waals surface area contributed by atoms with Crippen LogP contribution in [-0.4, -0.2) is 22.2 Å². The van der Waals surface area contributed by atoms with Crippen molar-refractivity contribution in [1.29, 1.82) is 0 Å². The summed E-state index contributed by atoms with van der Waals surface area (Å²) in [6.45, 7) is 5.91. The number of para-hydroxylation sites is 1. The largest absolute Gasteiger partial charge is 0.326 e. The molecule has 0 saturated carbocycles. The van der Waals surface area contributed by atoms with Gasteiger partial charge in [0.25, 0.3) is 0 Å². The Morgan fingerprint density at radius 1 is 1.15 bits per heavy atom.